The zero-order valence-electron chi connectivity index (χ0n) is 18.8. The van der Waals surface area contributed by atoms with Gasteiger partial charge in [0, 0.05) is 19.6 Å². The largest absolute Gasteiger partial charge is 0.495 e. The number of hydrogen-bond donors (Lipinski definition) is 1. The molecule has 0 aliphatic rings. The summed E-state index contributed by atoms with van der Waals surface area (Å²) in [5, 5.41) is 2.82. The highest BCUT2D eigenvalue weighted by molar-refractivity contribution is 7.89. The van der Waals surface area contributed by atoms with Crippen molar-refractivity contribution in [2.75, 3.05) is 32.6 Å². The number of carbonyl (C=O) groups excluding carboxylic acids is 2. The third-order valence-electron chi connectivity index (χ3n) is 4.96. The van der Waals surface area contributed by atoms with E-state index in [0.29, 0.717) is 11.4 Å². The Kier molecular flexibility index (Phi) is 8.65. The number of rotatable bonds is 9. The van der Waals surface area contributed by atoms with Crippen molar-refractivity contribution in [2.24, 2.45) is 0 Å². The van der Waals surface area contributed by atoms with Crippen molar-refractivity contribution >= 4 is 39.1 Å². The minimum Gasteiger partial charge on any atom is -0.495 e. The van der Waals surface area contributed by atoms with Crippen LogP contribution in [0.3, 0.4) is 0 Å². The first-order valence-corrected chi connectivity index (χ1v) is 11.8. The quantitative estimate of drug-likeness (QED) is 0.591. The van der Waals surface area contributed by atoms with Gasteiger partial charge in [0.05, 0.1) is 28.3 Å². The number of ether oxygens (including phenoxy) is 1. The van der Waals surface area contributed by atoms with Crippen molar-refractivity contribution in [3.8, 4) is 5.75 Å². The first-order chi connectivity index (χ1) is 15.0. The summed E-state index contributed by atoms with van der Waals surface area (Å²) in [4.78, 5) is 26.9. The molecule has 0 saturated carbocycles. The Morgan fingerprint density at radius 1 is 1.16 bits per heavy atom. The first kappa shape index (κ1) is 25.6. The van der Waals surface area contributed by atoms with Crippen LogP contribution < -0.4 is 10.1 Å². The van der Waals surface area contributed by atoms with Gasteiger partial charge in [-0.05, 0) is 51.1 Å². The SMILES string of the molecule is CCN(CC(=O)Nc1ccccc1OC)C(=O)c1cc(S(=O)(=O)N(C)C(C)C)ccc1Cl. The van der Waals surface area contributed by atoms with Gasteiger partial charge in [-0.3, -0.25) is 9.59 Å². The topological polar surface area (TPSA) is 96.0 Å². The summed E-state index contributed by atoms with van der Waals surface area (Å²) < 4.78 is 32.1. The van der Waals surface area contributed by atoms with Crippen molar-refractivity contribution in [2.45, 2.75) is 31.7 Å². The summed E-state index contributed by atoms with van der Waals surface area (Å²) in [6.07, 6.45) is 0. The Balaban J connectivity index is 2.27. The highest BCUT2D eigenvalue weighted by Crippen LogP contribution is 2.25. The molecule has 0 fully saturated rings. The Morgan fingerprint density at radius 2 is 1.81 bits per heavy atom. The second-order valence-corrected chi connectivity index (χ2v) is 9.73. The lowest BCUT2D eigenvalue weighted by molar-refractivity contribution is -0.116. The summed E-state index contributed by atoms with van der Waals surface area (Å²) in [5.41, 5.74) is 0.489. The van der Waals surface area contributed by atoms with E-state index in [-0.39, 0.29) is 34.6 Å². The number of benzene rings is 2. The number of anilines is 1. The molecule has 2 amide bonds. The third kappa shape index (κ3) is 5.79. The van der Waals surface area contributed by atoms with Crippen LogP contribution in [0.5, 0.6) is 5.75 Å². The van der Waals surface area contributed by atoms with Crippen molar-refractivity contribution in [3.05, 3.63) is 53.1 Å². The molecule has 32 heavy (non-hydrogen) atoms. The Hall–Kier alpha value is -2.62. The van der Waals surface area contributed by atoms with Crippen molar-refractivity contribution < 1.29 is 22.7 Å². The number of nitrogens with zero attached hydrogens (tertiary/aromatic N) is 2. The van der Waals surface area contributed by atoms with Gasteiger partial charge in [-0.1, -0.05) is 23.7 Å². The lowest BCUT2D eigenvalue weighted by atomic mass is 10.2. The van der Waals surface area contributed by atoms with Gasteiger partial charge < -0.3 is 15.0 Å². The predicted octanol–water partition coefficient (Wildman–Crippen LogP) is 3.48. The van der Waals surface area contributed by atoms with Crippen LogP contribution in [0, 0.1) is 0 Å². The number of methoxy groups -OCH3 is 1. The molecule has 0 radical (unpaired) electrons. The summed E-state index contributed by atoms with van der Waals surface area (Å²) in [6.45, 7) is 5.19. The van der Waals surface area contributed by atoms with Crippen LogP contribution in [-0.2, 0) is 14.8 Å². The average Bonchev–Trinajstić information content (AvgIpc) is 2.76. The van der Waals surface area contributed by atoms with E-state index in [9.17, 15) is 18.0 Å². The van der Waals surface area contributed by atoms with Gasteiger partial charge in [0.25, 0.3) is 5.91 Å². The van der Waals surface area contributed by atoms with Gasteiger partial charge in [0.1, 0.15) is 12.3 Å². The average molecular weight is 482 g/mol. The van der Waals surface area contributed by atoms with E-state index in [1.807, 2.05) is 0 Å². The smallest absolute Gasteiger partial charge is 0.255 e. The van der Waals surface area contributed by atoms with Gasteiger partial charge in [-0.25, -0.2) is 8.42 Å². The lowest BCUT2D eigenvalue weighted by Crippen LogP contribution is -2.38. The van der Waals surface area contributed by atoms with Crippen LogP contribution in [0.1, 0.15) is 31.1 Å². The molecular formula is C22H28ClN3O5S. The van der Waals surface area contributed by atoms with Crippen molar-refractivity contribution in [1.82, 2.24) is 9.21 Å². The maximum Gasteiger partial charge on any atom is 0.255 e. The maximum atomic E-state index is 13.1. The molecule has 0 spiro atoms. The number of carbonyl (C=O) groups is 2. The van der Waals surface area contributed by atoms with Crippen molar-refractivity contribution in [1.29, 1.82) is 0 Å². The molecular weight excluding hydrogens is 454 g/mol. The lowest BCUT2D eigenvalue weighted by Gasteiger charge is -2.23. The summed E-state index contributed by atoms with van der Waals surface area (Å²) in [5.74, 6) is -0.480. The van der Waals surface area contributed by atoms with E-state index in [2.05, 4.69) is 5.32 Å². The molecule has 10 heteroatoms. The molecule has 0 aliphatic carbocycles. The first-order valence-electron chi connectivity index (χ1n) is 10.0. The monoisotopic (exact) mass is 481 g/mol. The Labute approximate surface area is 194 Å². The fourth-order valence-electron chi connectivity index (χ4n) is 2.88. The highest BCUT2D eigenvalue weighted by Gasteiger charge is 2.27. The summed E-state index contributed by atoms with van der Waals surface area (Å²) in [6, 6.07) is 10.6. The van der Waals surface area contributed by atoms with E-state index < -0.39 is 21.8 Å². The molecule has 0 atom stereocenters. The van der Waals surface area contributed by atoms with Crippen LogP contribution in [0.15, 0.2) is 47.4 Å². The number of sulfonamides is 1. The molecule has 2 aromatic rings. The summed E-state index contributed by atoms with van der Waals surface area (Å²) in [7, 11) is -0.843. The molecule has 2 rings (SSSR count). The number of amides is 2. The zero-order chi connectivity index (χ0) is 24.1. The third-order valence-corrected chi connectivity index (χ3v) is 7.32. The molecule has 1 N–H and O–H groups in total. The van der Waals surface area contributed by atoms with E-state index in [4.69, 9.17) is 16.3 Å². The van der Waals surface area contributed by atoms with Crippen LogP contribution in [-0.4, -0.2) is 62.7 Å². The number of likely N-dealkylation sites (N-methyl/N-ethyl adjacent to an activating group) is 1. The minimum atomic E-state index is -3.80. The molecule has 0 bridgehead atoms. The van der Waals surface area contributed by atoms with Crippen LogP contribution in [0.25, 0.3) is 0 Å². The van der Waals surface area contributed by atoms with Gasteiger partial charge in [0.2, 0.25) is 15.9 Å². The van der Waals surface area contributed by atoms with E-state index in [1.54, 1.807) is 45.0 Å². The maximum absolute atomic E-state index is 13.1. The predicted molar refractivity (Wildman–Crippen MR) is 125 cm³/mol. The fourth-order valence-corrected chi connectivity index (χ4v) is 4.47. The molecule has 0 unspecified atom stereocenters. The zero-order valence-corrected chi connectivity index (χ0v) is 20.3. The number of nitrogens with one attached hydrogen (secondary N) is 1. The number of para-hydroxylation sites is 2. The van der Waals surface area contributed by atoms with E-state index >= 15 is 0 Å². The minimum absolute atomic E-state index is 0.0110. The standard InChI is InChI=1S/C22H28ClN3O5S/c1-6-26(14-21(27)24-19-9-7-8-10-20(19)31-5)22(28)17-13-16(11-12-18(17)23)32(29,30)25(4)15(2)3/h7-13,15H,6,14H2,1-5H3,(H,24,27). The van der Waals surface area contributed by atoms with Gasteiger partial charge in [-0.2, -0.15) is 4.31 Å². The summed E-state index contributed by atoms with van der Waals surface area (Å²) >= 11 is 6.22. The van der Waals surface area contributed by atoms with Crippen LogP contribution in [0.2, 0.25) is 5.02 Å². The Bertz CT molecular complexity index is 1090. The highest BCUT2D eigenvalue weighted by atomic mass is 35.5. The molecule has 0 heterocycles. The molecule has 0 aromatic heterocycles. The molecule has 2 aromatic carbocycles. The van der Waals surface area contributed by atoms with E-state index in [1.165, 1.54) is 41.6 Å². The molecule has 0 aliphatic heterocycles. The second-order valence-electron chi connectivity index (χ2n) is 7.32. The van der Waals surface area contributed by atoms with Crippen molar-refractivity contribution in [3.63, 3.8) is 0 Å². The van der Waals surface area contributed by atoms with Gasteiger partial charge in [-0.15, -0.1) is 0 Å². The molecule has 8 nitrogen and oxygen atoms in total. The van der Waals surface area contributed by atoms with Crippen LogP contribution in [0.4, 0.5) is 5.69 Å². The normalized spacial score (nSPS) is 11.5. The molecule has 0 saturated heterocycles. The number of halogens is 1. The van der Waals surface area contributed by atoms with E-state index in [0.717, 1.165) is 0 Å². The molecule has 174 valence electrons. The number of hydrogen-bond acceptors (Lipinski definition) is 5. The Morgan fingerprint density at radius 3 is 2.41 bits per heavy atom. The van der Waals surface area contributed by atoms with Gasteiger partial charge in [0.15, 0.2) is 0 Å². The second kappa shape index (κ2) is 10.8. The van der Waals surface area contributed by atoms with Crippen LogP contribution >= 0.6 is 11.6 Å². The fraction of sp³-hybridized carbons (Fsp3) is 0.364. The van der Waals surface area contributed by atoms with Gasteiger partial charge >= 0.3 is 0 Å².